The summed E-state index contributed by atoms with van der Waals surface area (Å²) in [6.07, 6.45) is 0. The van der Waals surface area contributed by atoms with Crippen molar-refractivity contribution in [3.8, 4) is 11.1 Å². The highest BCUT2D eigenvalue weighted by Crippen LogP contribution is 2.26. The summed E-state index contributed by atoms with van der Waals surface area (Å²) in [4.78, 5) is 0. The molecule has 0 atom stereocenters. The van der Waals surface area contributed by atoms with E-state index in [4.69, 9.17) is 4.74 Å². The van der Waals surface area contributed by atoms with Crippen LogP contribution in [0.15, 0.2) is 84.0 Å². The first-order valence-corrected chi connectivity index (χ1v) is 9.26. The van der Waals surface area contributed by atoms with Crippen LogP contribution < -0.4 is 5.01 Å². The number of hydrogen-bond acceptors (Lipinski definition) is 3. The smallest absolute Gasteiger partial charge is 0.240 e. The maximum atomic E-state index is 5.82. The fourth-order valence-electron chi connectivity index (χ4n) is 3.13. The van der Waals surface area contributed by atoms with Gasteiger partial charge in [-0.2, -0.15) is 0 Å². The molecule has 0 bridgehead atoms. The molecule has 0 fully saturated rings. The lowest BCUT2D eigenvalue weighted by atomic mass is 9.87. The van der Waals surface area contributed by atoms with Crippen molar-refractivity contribution in [2.45, 2.75) is 26.2 Å². The lowest BCUT2D eigenvalue weighted by Crippen LogP contribution is -2.12. The Morgan fingerprint density at radius 1 is 0.741 bits per heavy atom. The summed E-state index contributed by atoms with van der Waals surface area (Å²) in [5.74, 6) is 0.669. The van der Waals surface area contributed by atoms with Gasteiger partial charge in [-0.3, -0.25) is 0 Å². The minimum Gasteiger partial charge on any atom is -0.453 e. The normalized spacial score (nSPS) is 14.0. The monoisotopic (exact) mass is 356 g/mol. The van der Waals surface area contributed by atoms with Crippen molar-refractivity contribution in [3.63, 3.8) is 0 Å². The third-order valence-corrected chi connectivity index (χ3v) is 4.81. The maximum Gasteiger partial charge on any atom is 0.240 e. The number of anilines is 1. The predicted octanol–water partition coefficient (Wildman–Crippen LogP) is 5.81. The van der Waals surface area contributed by atoms with E-state index in [2.05, 4.69) is 98.7 Å². The van der Waals surface area contributed by atoms with Crippen LogP contribution in [0.3, 0.4) is 0 Å². The molecule has 0 radical (unpaired) electrons. The molecule has 0 saturated carbocycles. The zero-order chi connectivity index (χ0) is 18.9. The summed E-state index contributed by atoms with van der Waals surface area (Å²) < 4.78 is 5.82. The molecule has 0 N–H and O–H groups in total. The molecule has 0 spiro atoms. The summed E-state index contributed by atoms with van der Waals surface area (Å²) in [6, 6.07) is 27.3. The lowest BCUT2D eigenvalue weighted by molar-refractivity contribution is 0.338. The van der Waals surface area contributed by atoms with E-state index < -0.39 is 0 Å². The molecular weight excluding hydrogens is 332 g/mol. The fourth-order valence-corrected chi connectivity index (χ4v) is 3.13. The van der Waals surface area contributed by atoms with E-state index in [0.717, 1.165) is 11.3 Å². The molecule has 3 aromatic rings. The van der Waals surface area contributed by atoms with E-state index in [-0.39, 0.29) is 5.41 Å². The van der Waals surface area contributed by atoms with Gasteiger partial charge in [0.25, 0.3) is 0 Å². The van der Waals surface area contributed by atoms with Crippen LogP contribution in [0.1, 0.15) is 31.9 Å². The molecule has 3 aromatic carbocycles. The molecule has 0 unspecified atom stereocenters. The Hall–Kier alpha value is -3.07. The summed E-state index contributed by atoms with van der Waals surface area (Å²) in [5, 5.41) is 6.54. The van der Waals surface area contributed by atoms with E-state index in [1.165, 1.54) is 16.7 Å². The number of rotatable bonds is 3. The first-order chi connectivity index (χ1) is 13.0. The van der Waals surface area contributed by atoms with Crippen molar-refractivity contribution in [2.75, 3.05) is 11.7 Å². The Balaban J connectivity index is 1.52. The van der Waals surface area contributed by atoms with Gasteiger partial charge in [0.15, 0.2) is 6.73 Å². The minimum absolute atomic E-state index is 0.142. The van der Waals surface area contributed by atoms with Crippen LogP contribution in [0.5, 0.6) is 0 Å². The van der Waals surface area contributed by atoms with E-state index in [1.54, 1.807) is 0 Å². The van der Waals surface area contributed by atoms with Gasteiger partial charge in [0.2, 0.25) is 5.90 Å². The fraction of sp³-hybridized carbons (Fsp3) is 0.208. The average Bonchev–Trinajstić information content (AvgIpc) is 3.18. The predicted molar refractivity (Wildman–Crippen MR) is 112 cm³/mol. The standard InChI is InChI=1S/C24H24N2O/c1-24(2,3)21-13-9-20(10-14-21)23-25-26(17-27-23)22-15-11-19(12-16-22)18-7-5-4-6-8-18/h4-16H,17H2,1-3H3. The van der Waals surface area contributed by atoms with Gasteiger partial charge in [0, 0.05) is 5.56 Å². The molecule has 136 valence electrons. The number of benzene rings is 3. The number of ether oxygens (including phenoxy) is 1. The van der Waals surface area contributed by atoms with Crippen LogP contribution in [0.2, 0.25) is 0 Å². The highest BCUT2D eigenvalue weighted by Gasteiger charge is 2.20. The van der Waals surface area contributed by atoms with Crippen LogP contribution in [0.25, 0.3) is 11.1 Å². The molecule has 1 heterocycles. The Bertz CT molecular complexity index is 936. The zero-order valence-electron chi connectivity index (χ0n) is 16.0. The summed E-state index contributed by atoms with van der Waals surface area (Å²) in [7, 11) is 0. The third-order valence-electron chi connectivity index (χ3n) is 4.81. The quantitative estimate of drug-likeness (QED) is 0.592. The van der Waals surface area contributed by atoms with Crippen LogP contribution in [0, 0.1) is 0 Å². The second kappa shape index (κ2) is 6.92. The Kier molecular flexibility index (Phi) is 4.44. The number of nitrogens with zero attached hydrogens (tertiary/aromatic N) is 2. The summed E-state index contributed by atoms with van der Waals surface area (Å²) >= 11 is 0. The largest absolute Gasteiger partial charge is 0.453 e. The number of hydrazone groups is 1. The highest BCUT2D eigenvalue weighted by atomic mass is 16.5. The van der Waals surface area contributed by atoms with Gasteiger partial charge in [-0.05, 0) is 46.4 Å². The van der Waals surface area contributed by atoms with Crippen LogP contribution in [-0.2, 0) is 10.2 Å². The Labute approximate surface area is 160 Å². The minimum atomic E-state index is 0.142. The molecule has 0 aromatic heterocycles. The van der Waals surface area contributed by atoms with E-state index >= 15 is 0 Å². The highest BCUT2D eigenvalue weighted by molar-refractivity contribution is 5.96. The Morgan fingerprint density at radius 3 is 1.96 bits per heavy atom. The van der Waals surface area contributed by atoms with Gasteiger partial charge >= 0.3 is 0 Å². The van der Waals surface area contributed by atoms with Crippen LogP contribution in [-0.4, -0.2) is 12.6 Å². The summed E-state index contributed by atoms with van der Waals surface area (Å²) in [5.41, 5.74) is 5.88. The number of hydrogen-bond donors (Lipinski definition) is 0. The van der Waals surface area contributed by atoms with Crippen molar-refractivity contribution in [3.05, 3.63) is 90.0 Å². The van der Waals surface area contributed by atoms with E-state index in [1.807, 2.05) is 11.1 Å². The van der Waals surface area contributed by atoms with Crippen molar-refractivity contribution in [1.29, 1.82) is 0 Å². The second-order valence-corrected chi connectivity index (χ2v) is 7.82. The molecule has 4 rings (SSSR count). The maximum absolute atomic E-state index is 5.82. The molecule has 3 nitrogen and oxygen atoms in total. The third kappa shape index (κ3) is 3.72. The molecule has 1 aliphatic heterocycles. The molecule has 0 amide bonds. The topological polar surface area (TPSA) is 24.8 Å². The molecule has 3 heteroatoms. The second-order valence-electron chi connectivity index (χ2n) is 7.82. The molecular formula is C24H24N2O. The lowest BCUT2D eigenvalue weighted by Gasteiger charge is -2.18. The van der Waals surface area contributed by atoms with Gasteiger partial charge in [-0.15, -0.1) is 5.10 Å². The average molecular weight is 356 g/mol. The van der Waals surface area contributed by atoms with Crippen LogP contribution >= 0.6 is 0 Å². The zero-order valence-corrected chi connectivity index (χ0v) is 16.0. The van der Waals surface area contributed by atoms with E-state index in [0.29, 0.717) is 12.6 Å². The SMILES string of the molecule is CC(C)(C)c1ccc(C2=NN(c3ccc(-c4ccccc4)cc3)CO2)cc1. The first-order valence-electron chi connectivity index (χ1n) is 9.26. The molecule has 1 aliphatic rings. The van der Waals surface area contributed by atoms with Crippen molar-refractivity contribution in [1.82, 2.24) is 0 Å². The van der Waals surface area contributed by atoms with Gasteiger partial charge in [0.1, 0.15) is 0 Å². The Morgan fingerprint density at radius 2 is 1.33 bits per heavy atom. The van der Waals surface area contributed by atoms with Gasteiger partial charge in [-0.1, -0.05) is 75.4 Å². The van der Waals surface area contributed by atoms with E-state index in [9.17, 15) is 0 Å². The molecule has 0 saturated heterocycles. The van der Waals surface area contributed by atoms with Crippen LogP contribution in [0.4, 0.5) is 5.69 Å². The van der Waals surface area contributed by atoms with Crippen molar-refractivity contribution >= 4 is 11.6 Å². The first kappa shape index (κ1) is 17.3. The van der Waals surface area contributed by atoms with Crippen molar-refractivity contribution in [2.24, 2.45) is 5.10 Å². The van der Waals surface area contributed by atoms with Gasteiger partial charge in [-0.25, -0.2) is 5.01 Å². The van der Waals surface area contributed by atoms with Gasteiger partial charge in [0.05, 0.1) is 5.69 Å². The molecule has 0 aliphatic carbocycles. The van der Waals surface area contributed by atoms with Crippen molar-refractivity contribution < 1.29 is 4.74 Å². The summed E-state index contributed by atoms with van der Waals surface area (Å²) in [6.45, 7) is 7.08. The van der Waals surface area contributed by atoms with Gasteiger partial charge < -0.3 is 4.74 Å². The molecule has 27 heavy (non-hydrogen) atoms.